The fraction of sp³-hybridized carbons (Fsp3) is 0.158. The minimum absolute atomic E-state index is 0.437. The van der Waals surface area contributed by atoms with Crippen molar-refractivity contribution >= 4 is 10.9 Å². The van der Waals surface area contributed by atoms with Crippen LogP contribution >= 0.6 is 0 Å². The van der Waals surface area contributed by atoms with E-state index in [1.165, 1.54) is 5.56 Å². The number of aryl methyl sites for hydroxylation is 1. The van der Waals surface area contributed by atoms with Gasteiger partial charge in [0, 0.05) is 23.6 Å². The average molecular weight is 288 g/mol. The van der Waals surface area contributed by atoms with Gasteiger partial charge in [0.1, 0.15) is 6.10 Å². The molecule has 3 nitrogen and oxygen atoms in total. The van der Waals surface area contributed by atoms with Crippen molar-refractivity contribution in [2.75, 3.05) is 0 Å². The normalized spacial score (nSPS) is 12.0. The molecular formula is C19H16N2O. The van der Waals surface area contributed by atoms with Gasteiger partial charge in [0.25, 0.3) is 0 Å². The van der Waals surface area contributed by atoms with Gasteiger partial charge in [-0.3, -0.25) is 0 Å². The highest BCUT2D eigenvalue weighted by Gasteiger charge is 2.06. The molecule has 0 amide bonds. The molecule has 0 aliphatic heterocycles. The summed E-state index contributed by atoms with van der Waals surface area (Å²) in [5.41, 5.74) is 4.06. The van der Waals surface area contributed by atoms with Crippen LogP contribution in [0.1, 0.15) is 11.1 Å². The Morgan fingerprint density at radius 2 is 1.95 bits per heavy atom. The summed E-state index contributed by atoms with van der Waals surface area (Å²) in [6.45, 7) is 2.05. The van der Waals surface area contributed by atoms with Gasteiger partial charge in [-0.25, -0.2) is 9.97 Å². The summed E-state index contributed by atoms with van der Waals surface area (Å²) >= 11 is 0. The molecule has 0 bridgehead atoms. The Bertz CT molecular complexity index is 847. The summed E-state index contributed by atoms with van der Waals surface area (Å²) < 4.78 is 0. The largest absolute Gasteiger partial charge is 0.380 e. The molecule has 0 saturated carbocycles. The monoisotopic (exact) mass is 288 g/mol. The van der Waals surface area contributed by atoms with Crippen molar-refractivity contribution in [1.29, 1.82) is 0 Å². The molecule has 108 valence electrons. The molecule has 3 aromatic rings. The van der Waals surface area contributed by atoms with Crippen molar-refractivity contribution < 1.29 is 5.11 Å². The summed E-state index contributed by atoms with van der Waals surface area (Å²) in [6.07, 6.45) is 6.69. The van der Waals surface area contributed by atoms with Gasteiger partial charge in [0.2, 0.25) is 0 Å². The number of aromatic nitrogens is 2. The zero-order chi connectivity index (χ0) is 15.5. The molecule has 0 aliphatic rings. The minimum atomic E-state index is -0.759. The molecule has 0 saturated heterocycles. The molecule has 3 heteroatoms. The van der Waals surface area contributed by atoms with Crippen LogP contribution in [0.5, 0.6) is 0 Å². The van der Waals surface area contributed by atoms with Crippen LogP contribution in [0.2, 0.25) is 0 Å². The molecule has 2 aromatic carbocycles. The highest BCUT2D eigenvalue weighted by atomic mass is 16.3. The Morgan fingerprint density at radius 1 is 1.18 bits per heavy atom. The van der Waals surface area contributed by atoms with Gasteiger partial charge in [-0.05, 0) is 24.6 Å². The molecule has 1 heterocycles. The number of hydrogen-bond acceptors (Lipinski definition) is 3. The molecular weight excluding hydrogens is 272 g/mol. The van der Waals surface area contributed by atoms with Gasteiger partial charge in [-0.15, -0.1) is 6.42 Å². The summed E-state index contributed by atoms with van der Waals surface area (Å²) in [6, 6.07) is 14.0. The van der Waals surface area contributed by atoms with Crippen LogP contribution in [-0.2, 0) is 6.42 Å². The van der Waals surface area contributed by atoms with Crippen LogP contribution < -0.4 is 0 Å². The third-order valence-corrected chi connectivity index (χ3v) is 3.58. The van der Waals surface area contributed by atoms with Gasteiger partial charge in [-0.1, -0.05) is 41.8 Å². The van der Waals surface area contributed by atoms with E-state index in [2.05, 4.69) is 22.8 Å². The molecule has 0 fully saturated rings. The predicted octanol–water partition coefficient (Wildman–Crippen LogP) is 3.14. The van der Waals surface area contributed by atoms with E-state index in [0.29, 0.717) is 12.2 Å². The van der Waals surface area contributed by atoms with Crippen molar-refractivity contribution in [3.8, 4) is 23.7 Å². The Labute approximate surface area is 129 Å². The standard InChI is InChI=1S/C19H16N2O/c1-3-17(22)11-14-6-9-18-16(10-14)12-20-19(21-18)15-7-4-13(2)5-8-15/h1,4-10,12,17,22H,11H2,2H3. The van der Waals surface area contributed by atoms with Crippen molar-refractivity contribution in [3.63, 3.8) is 0 Å². The lowest BCUT2D eigenvalue weighted by Gasteiger charge is -2.06. The third kappa shape index (κ3) is 2.98. The number of benzene rings is 2. The first kappa shape index (κ1) is 14.2. The fourth-order valence-electron chi connectivity index (χ4n) is 2.33. The van der Waals surface area contributed by atoms with Gasteiger partial charge >= 0.3 is 0 Å². The lowest BCUT2D eigenvalue weighted by atomic mass is 10.1. The summed E-state index contributed by atoms with van der Waals surface area (Å²) in [4.78, 5) is 9.03. The molecule has 0 spiro atoms. The highest BCUT2D eigenvalue weighted by Crippen LogP contribution is 2.20. The number of aliphatic hydroxyl groups is 1. The molecule has 1 N–H and O–H groups in total. The maximum absolute atomic E-state index is 9.53. The first-order valence-corrected chi connectivity index (χ1v) is 7.12. The van der Waals surface area contributed by atoms with Crippen LogP contribution in [0.25, 0.3) is 22.3 Å². The molecule has 1 unspecified atom stereocenters. The first-order chi connectivity index (χ1) is 10.7. The number of aliphatic hydroxyl groups excluding tert-OH is 1. The minimum Gasteiger partial charge on any atom is -0.380 e. The van der Waals surface area contributed by atoms with E-state index in [9.17, 15) is 5.11 Å². The fourth-order valence-corrected chi connectivity index (χ4v) is 2.33. The number of fused-ring (bicyclic) bond motifs is 1. The first-order valence-electron chi connectivity index (χ1n) is 7.12. The highest BCUT2D eigenvalue weighted by molar-refractivity contribution is 5.80. The Hall–Kier alpha value is -2.70. The molecule has 3 rings (SSSR count). The quantitative estimate of drug-likeness (QED) is 0.753. The van der Waals surface area contributed by atoms with Gasteiger partial charge < -0.3 is 5.11 Å². The lowest BCUT2D eigenvalue weighted by molar-refractivity contribution is 0.233. The van der Waals surface area contributed by atoms with E-state index in [4.69, 9.17) is 6.42 Å². The van der Waals surface area contributed by atoms with Crippen molar-refractivity contribution in [3.05, 3.63) is 59.8 Å². The maximum atomic E-state index is 9.53. The lowest BCUT2D eigenvalue weighted by Crippen LogP contribution is -2.06. The number of rotatable bonds is 3. The van der Waals surface area contributed by atoms with Crippen LogP contribution in [0, 0.1) is 19.3 Å². The number of hydrogen-bond donors (Lipinski definition) is 1. The second kappa shape index (κ2) is 5.97. The number of terminal acetylenes is 1. The molecule has 1 atom stereocenters. The topological polar surface area (TPSA) is 46.0 Å². The van der Waals surface area contributed by atoms with Gasteiger partial charge in [0.05, 0.1) is 5.52 Å². The van der Waals surface area contributed by atoms with Crippen molar-refractivity contribution in [2.45, 2.75) is 19.4 Å². The Balaban J connectivity index is 1.96. The van der Waals surface area contributed by atoms with E-state index in [1.807, 2.05) is 48.7 Å². The van der Waals surface area contributed by atoms with Crippen LogP contribution in [0.4, 0.5) is 0 Å². The Kier molecular flexibility index (Phi) is 3.86. The van der Waals surface area contributed by atoms with Crippen LogP contribution in [0.15, 0.2) is 48.7 Å². The zero-order valence-corrected chi connectivity index (χ0v) is 12.3. The van der Waals surface area contributed by atoms with E-state index >= 15 is 0 Å². The summed E-state index contributed by atoms with van der Waals surface area (Å²) in [7, 11) is 0. The average Bonchev–Trinajstić information content (AvgIpc) is 2.55. The third-order valence-electron chi connectivity index (χ3n) is 3.58. The van der Waals surface area contributed by atoms with Crippen molar-refractivity contribution in [2.24, 2.45) is 0 Å². The Morgan fingerprint density at radius 3 is 2.68 bits per heavy atom. The zero-order valence-electron chi connectivity index (χ0n) is 12.3. The summed E-state index contributed by atoms with van der Waals surface area (Å²) in [5, 5.41) is 10.5. The van der Waals surface area contributed by atoms with Gasteiger partial charge in [0.15, 0.2) is 5.82 Å². The van der Waals surface area contributed by atoms with E-state index in [1.54, 1.807) is 0 Å². The second-order valence-electron chi connectivity index (χ2n) is 5.34. The van der Waals surface area contributed by atoms with E-state index in [0.717, 1.165) is 22.0 Å². The molecule has 1 aromatic heterocycles. The van der Waals surface area contributed by atoms with E-state index < -0.39 is 6.10 Å². The number of nitrogens with zero attached hydrogens (tertiary/aromatic N) is 2. The van der Waals surface area contributed by atoms with E-state index in [-0.39, 0.29) is 0 Å². The van der Waals surface area contributed by atoms with Crippen LogP contribution in [-0.4, -0.2) is 21.2 Å². The van der Waals surface area contributed by atoms with Crippen LogP contribution in [0.3, 0.4) is 0 Å². The molecule has 0 radical (unpaired) electrons. The van der Waals surface area contributed by atoms with Gasteiger partial charge in [-0.2, -0.15) is 0 Å². The second-order valence-corrected chi connectivity index (χ2v) is 5.34. The smallest absolute Gasteiger partial charge is 0.159 e. The van der Waals surface area contributed by atoms with Crippen molar-refractivity contribution in [1.82, 2.24) is 9.97 Å². The SMILES string of the molecule is C#CC(O)Cc1ccc2nc(-c3ccc(C)cc3)ncc2c1. The molecule has 22 heavy (non-hydrogen) atoms. The molecule has 0 aliphatic carbocycles. The maximum Gasteiger partial charge on any atom is 0.159 e. The summed E-state index contributed by atoms with van der Waals surface area (Å²) in [5.74, 6) is 3.03. The predicted molar refractivity (Wildman–Crippen MR) is 88.3 cm³/mol.